The van der Waals surface area contributed by atoms with Gasteiger partial charge in [0.1, 0.15) is 0 Å². The second-order valence-corrected chi connectivity index (χ2v) is 4.06. The highest BCUT2D eigenvalue weighted by Gasteiger charge is 2.43. The summed E-state index contributed by atoms with van der Waals surface area (Å²) in [5.74, 6) is 0.433. The molecule has 0 spiro atoms. The Morgan fingerprint density at radius 3 is 2.50 bits per heavy atom. The van der Waals surface area contributed by atoms with Gasteiger partial charge in [0.05, 0.1) is 5.60 Å². The van der Waals surface area contributed by atoms with Crippen LogP contribution in [0.25, 0.3) is 0 Å². The van der Waals surface area contributed by atoms with E-state index in [1.54, 1.807) is 0 Å². The molecule has 0 aliphatic heterocycles. The van der Waals surface area contributed by atoms with Crippen molar-refractivity contribution in [3.63, 3.8) is 0 Å². The van der Waals surface area contributed by atoms with Gasteiger partial charge in [-0.25, -0.2) is 0 Å². The summed E-state index contributed by atoms with van der Waals surface area (Å²) in [6, 6.07) is 9.94. The molecular formula is C13H16O. The van der Waals surface area contributed by atoms with Crippen molar-refractivity contribution in [3.8, 4) is 0 Å². The van der Waals surface area contributed by atoms with Crippen molar-refractivity contribution in [3.05, 3.63) is 48.6 Å². The van der Waals surface area contributed by atoms with Gasteiger partial charge in [0.15, 0.2) is 0 Å². The number of rotatable bonds is 4. The van der Waals surface area contributed by atoms with Crippen molar-refractivity contribution >= 4 is 0 Å². The standard InChI is InChI=1S/C13H16O/c1-2-10-13(14,12-8-9-12)11-6-4-3-5-7-11/h2-7,12,14H,1,8-10H2. The van der Waals surface area contributed by atoms with Gasteiger partial charge in [-0.2, -0.15) is 0 Å². The molecule has 1 heteroatoms. The van der Waals surface area contributed by atoms with E-state index in [4.69, 9.17) is 0 Å². The molecular weight excluding hydrogens is 172 g/mol. The topological polar surface area (TPSA) is 20.2 Å². The maximum absolute atomic E-state index is 10.6. The molecule has 2 rings (SSSR count). The van der Waals surface area contributed by atoms with Crippen molar-refractivity contribution < 1.29 is 5.11 Å². The summed E-state index contributed by atoms with van der Waals surface area (Å²) in [7, 11) is 0. The molecule has 0 bridgehead atoms. The highest BCUT2D eigenvalue weighted by atomic mass is 16.3. The Morgan fingerprint density at radius 1 is 1.36 bits per heavy atom. The fourth-order valence-corrected chi connectivity index (χ4v) is 2.03. The Hall–Kier alpha value is -1.08. The molecule has 1 aromatic rings. The van der Waals surface area contributed by atoms with Crippen LogP contribution < -0.4 is 0 Å². The Labute approximate surface area is 85.1 Å². The molecule has 0 saturated heterocycles. The van der Waals surface area contributed by atoms with Gasteiger partial charge in [0, 0.05) is 0 Å². The predicted molar refractivity (Wildman–Crippen MR) is 57.9 cm³/mol. The highest BCUT2D eigenvalue weighted by Crippen LogP contribution is 2.47. The Balaban J connectivity index is 2.30. The molecule has 0 radical (unpaired) electrons. The Bertz CT molecular complexity index is 313. The van der Waals surface area contributed by atoms with E-state index in [0.29, 0.717) is 12.3 Å². The minimum Gasteiger partial charge on any atom is -0.385 e. The van der Waals surface area contributed by atoms with E-state index in [1.165, 1.54) is 0 Å². The third kappa shape index (κ3) is 1.60. The van der Waals surface area contributed by atoms with E-state index in [-0.39, 0.29) is 0 Å². The molecule has 1 saturated carbocycles. The number of hydrogen-bond donors (Lipinski definition) is 1. The molecule has 0 heterocycles. The molecule has 1 aromatic carbocycles. The average Bonchev–Trinajstić information content (AvgIpc) is 3.03. The van der Waals surface area contributed by atoms with Gasteiger partial charge in [0.2, 0.25) is 0 Å². The third-order valence-electron chi connectivity index (χ3n) is 2.98. The maximum atomic E-state index is 10.6. The molecule has 1 nitrogen and oxygen atoms in total. The molecule has 1 fully saturated rings. The summed E-state index contributed by atoms with van der Waals surface area (Å²) in [5, 5.41) is 10.6. The normalized spacial score (nSPS) is 20.1. The smallest absolute Gasteiger partial charge is 0.0958 e. The number of hydrogen-bond acceptors (Lipinski definition) is 1. The van der Waals surface area contributed by atoms with E-state index in [2.05, 4.69) is 6.58 Å². The highest BCUT2D eigenvalue weighted by molar-refractivity contribution is 5.25. The molecule has 1 N–H and O–H groups in total. The molecule has 1 unspecified atom stereocenters. The van der Waals surface area contributed by atoms with E-state index in [0.717, 1.165) is 18.4 Å². The van der Waals surface area contributed by atoms with Gasteiger partial charge in [-0.3, -0.25) is 0 Å². The summed E-state index contributed by atoms with van der Waals surface area (Å²) in [6.07, 6.45) is 4.74. The lowest BCUT2D eigenvalue weighted by atomic mass is 9.86. The van der Waals surface area contributed by atoms with Crippen molar-refractivity contribution in [2.45, 2.75) is 24.9 Å². The van der Waals surface area contributed by atoms with E-state index in [1.807, 2.05) is 36.4 Å². The van der Waals surface area contributed by atoms with Gasteiger partial charge in [-0.1, -0.05) is 36.4 Å². The van der Waals surface area contributed by atoms with Crippen LogP contribution in [-0.4, -0.2) is 5.11 Å². The summed E-state index contributed by atoms with van der Waals surface area (Å²) in [5.41, 5.74) is 0.366. The predicted octanol–water partition coefficient (Wildman–Crippen LogP) is 2.86. The van der Waals surface area contributed by atoms with Crippen molar-refractivity contribution in [2.75, 3.05) is 0 Å². The zero-order valence-electron chi connectivity index (χ0n) is 8.32. The minimum absolute atomic E-state index is 0.433. The van der Waals surface area contributed by atoms with Gasteiger partial charge >= 0.3 is 0 Å². The third-order valence-corrected chi connectivity index (χ3v) is 2.98. The zero-order chi connectivity index (χ0) is 10.0. The largest absolute Gasteiger partial charge is 0.385 e. The zero-order valence-corrected chi connectivity index (χ0v) is 8.32. The molecule has 1 atom stereocenters. The van der Waals surface area contributed by atoms with Crippen molar-refractivity contribution in [2.24, 2.45) is 5.92 Å². The van der Waals surface area contributed by atoms with Crippen LogP contribution in [0.15, 0.2) is 43.0 Å². The number of aliphatic hydroxyl groups is 1. The van der Waals surface area contributed by atoms with Gasteiger partial charge in [0.25, 0.3) is 0 Å². The minimum atomic E-state index is -0.664. The monoisotopic (exact) mass is 188 g/mol. The van der Waals surface area contributed by atoms with Crippen molar-refractivity contribution in [1.82, 2.24) is 0 Å². The maximum Gasteiger partial charge on any atom is 0.0958 e. The molecule has 14 heavy (non-hydrogen) atoms. The van der Waals surface area contributed by atoms with Gasteiger partial charge in [-0.05, 0) is 30.7 Å². The SMILES string of the molecule is C=CCC(O)(c1ccccc1)C1CC1. The molecule has 1 aliphatic carbocycles. The van der Waals surface area contributed by atoms with Crippen LogP contribution in [0.5, 0.6) is 0 Å². The fourth-order valence-electron chi connectivity index (χ4n) is 2.03. The summed E-state index contributed by atoms with van der Waals surface area (Å²) in [6.45, 7) is 3.72. The lowest BCUT2D eigenvalue weighted by Gasteiger charge is -2.27. The summed E-state index contributed by atoms with van der Waals surface area (Å²) in [4.78, 5) is 0. The lowest BCUT2D eigenvalue weighted by molar-refractivity contribution is 0.0159. The first-order chi connectivity index (χ1) is 6.77. The first-order valence-electron chi connectivity index (χ1n) is 5.16. The van der Waals surface area contributed by atoms with Crippen LogP contribution in [-0.2, 0) is 5.60 Å². The van der Waals surface area contributed by atoms with Gasteiger partial charge < -0.3 is 5.11 Å². The second-order valence-electron chi connectivity index (χ2n) is 4.06. The molecule has 74 valence electrons. The lowest BCUT2D eigenvalue weighted by Crippen LogP contribution is -2.27. The van der Waals surface area contributed by atoms with Crippen LogP contribution in [0, 0.1) is 5.92 Å². The van der Waals surface area contributed by atoms with Crippen LogP contribution >= 0.6 is 0 Å². The second kappa shape index (κ2) is 3.58. The fraction of sp³-hybridized carbons (Fsp3) is 0.385. The van der Waals surface area contributed by atoms with E-state index in [9.17, 15) is 5.11 Å². The Morgan fingerprint density at radius 2 is 2.00 bits per heavy atom. The first-order valence-corrected chi connectivity index (χ1v) is 5.16. The number of benzene rings is 1. The molecule has 0 aromatic heterocycles. The van der Waals surface area contributed by atoms with Gasteiger partial charge in [-0.15, -0.1) is 6.58 Å². The van der Waals surface area contributed by atoms with E-state index >= 15 is 0 Å². The molecule has 1 aliphatic rings. The summed E-state index contributed by atoms with van der Waals surface area (Å²) < 4.78 is 0. The molecule has 0 amide bonds. The first kappa shape index (κ1) is 9.47. The van der Waals surface area contributed by atoms with Crippen LogP contribution in [0.4, 0.5) is 0 Å². The van der Waals surface area contributed by atoms with E-state index < -0.39 is 5.60 Å². The van der Waals surface area contributed by atoms with Crippen molar-refractivity contribution in [1.29, 1.82) is 0 Å². The quantitative estimate of drug-likeness (QED) is 0.720. The van der Waals surface area contributed by atoms with Crippen LogP contribution in [0.3, 0.4) is 0 Å². The Kier molecular flexibility index (Phi) is 2.42. The van der Waals surface area contributed by atoms with Crippen LogP contribution in [0.2, 0.25) is 0 Å². The summed E-state index contributed by atoms with van der Waals surface area (Å²) >= 11 is 0. The van der Waals surface area contributed by atoms with Crippen LogP contribution in [0.1, 0.15) is 24.8 Å². The average molecular weight is 188 g/mol.